The molecule has 0 atom stereocenters. The van der Waals surface area contributed by atoms with E-state index in [4.69, 9.17) is 0 Å². The van der Waals surface area contributed by atoms with Crippen LogP contribution in [0.2, 0.25) is 0 Å². The molecule has 0 aliphatic carbocycles. The highest BCUT2D eigenvalue weighted by atomic mass is 32.1. The van der Waals surface area contributed by atoms with Crippen molar-refractivity contribution in [3.63, 3.8) is 0 Å². The van der Waals surface area contributed by atoms with Crippen molar-refractivity contribution in [2.24, 2.45) is 0 Å². The molecule has 1 heterocycles. The van der Waals surface area contributed by atoms with Crippen LogP contribution in [0.1, 0.15) is 33.3 Å². The summed E-state index contributed by atoms with van der Waals surface area (Å²) in [5, 5.41) is 7.95. The molecule has 0 amide bonds. The van der Waals surface area contributed by atoms with E-state index in [1.54, 1.807) is 0 Å². The van der Waals surface area contributed by atoms with Crippen LogP contribution >= 0.6 is 11.3 Å². The second kappa shape index (κ2) is 12.7. The van der Waals surface area contributed by atoms with E-state index in [1.807, 2.05) is 11.3 Å². The van der Waals surface area contributed by atoms with Gasteiger partial charge in [-0.25, -0.2) is 0 Å². The molecule has 7 rings (SSSR count). The van der Waals surface area contributed by atoms with Gasteiger partial charge in [0, 0.05) is 20.2 Å². The van der Waals surface area contributed by atoms with E-state index in [2.05, 4.69) is 177 Å². The second-order valence-electron chi connectivity index (χ2n) is 12.5. The van der Waals surface area contributed by atoms with E-state index in [0.29, 0.717) is 0 Å². The zero-order valence-electron chi connectivity index (χ0n) is 28.1. The molecule has 7 aromatic rings. The number of thiophene rings is 1. The Morgan fingerprint density at radius 2 is 1.26 bits per heavy atom. The van der Waals surface area contributed by atoms with Crippen molar-refractivity contribution in [1.29, 1.82) is 0 Å². The van der Waals surface area contributed by atoms with Crippen molar-refractivity contribution in [2.75, 3.05) is 0 Å². The van der Waals surface area contributed by atoms with E-state index in [0.717, 1.165) is 0 Å². The van der Waals surface area contributed by atoms with E-state index < -0.39 is 0 Å². The summed E-state index contributed by atoms with van der Waals surface area (Å²) in [6.07, 6.45) is 11.0. The molecule has 226 valence electrons. The predicted molar refractivity (Wildman–Crippen MR) is 218 cm³/mol. The molecule has 0 fully saturated rings. The molecule has 0 saturated heterocycles. The number of allylic oxidation sites excluding steroid dienone is 8. The average Bonchev–Trinajstić information content (AvgIpc) is 3.50. The summed E-state index contributed by atoms with van der Waals surface area (Å²) >= 11 is 1.91. The first-order valence-corrected chi connectivity index (χ1v) is 17.3. The summed E-state index contributed by atoms with van der Waals surface area (Å²) < 4.78 is 2.66. The molecule has 0 N–H and O–H groups in total. The van der Waals surface area contributed by atoms with E-state index >= 15 is 0 Å². The molecule has 1 aromatic heterocycles. The van der Waals surface area contributed by atoms with Crippen molar-refractivity contribution in [1.82, 2.24) is 0 Å². The molecular formula is C44H38B2S. The van der Waals surface area contributed by atoms with Gasteiger partial charge >= 0.3 is 0 Å². The minimum absolute atomic E-state index is 1.25. The third-order valence-electron chi connectivity index (χ3n) is 9.60. The van der Waals surface area contributed by atoms with Crippen molar-refractivity contribution < 1.29 is 0 Å². The van der Waals surface area contributed by atoms with Crippen molar-refractivity contribution in [3.05, 3.63) is 150 Å². The van der Waals surface area contributed by atoms with Gasteiger partial charge in [-0.15, -0.1) is 11.3 Å². The predicted octanol–water partition coefficient (Wildman–Crippen LogP) is 10.1. The SMILES string of the molecule is Bc1ccc(B)c2c(-c3cccc4sc5c(C(/C=C(C)/C(C)=C/C=C\C)=C/C)cccc5c34)c3ccccc3c(-c3ccccc3)c12. The Morgan fingerprint density at radius 3 is 1.96 bits per heavy atom. The quantitative estimate of drug-likeness (QED) is 0.0987. The number of benzene rings is 6. The summed E-state index contributed by atoms with van der Waals surface area (Å²) in [7, 11) is 4.54. The summed E-state index contributed by atoms with van der Waals surface area (Å²) in [6.45, 7) is 8.61. The summed E-state index contributed by atoms with van der Waals surface area (Å²) in [6, 6.07) is 38.3. The van der Waals surface area contributed by atoms with Crippen LogP contribution in [-0.4, -0.2) is 15.7 Å². The molecule has 0 aliphatic rings. The van der Waals surface area contributed by atoms with Crippen molar-refractivity contribution >= 4 is 85.2 Å². The number of hydrogen-bond donors (Lipinski definition) is 0. The Morgan fingerprint density at radius 1 is 0.617 bits per heavy atom. The Kier molecular flexibility index (Phi) is 8.35. The van der Waals surface area contributed by atoms with Crippen LogP contribution < -0.4 is 10.9 Å². The molecule has 0 radical (unpaired) electrons. The van der Waals surface area contributed by atoms with Gasteiger partial charge in [-0.3, -0.25) is 0 Å². The number of fused-ring (bicyclic) bond motifs is 5. The maximum atomic E-state index is 2.35. The first-order valence-electron chi connectivity index (χ1n) is 16.5. The topological polar surface area (TPSA) is 0 Å². The van der Waals surface area contributed by atoms with Crippen LogP contribution in [-0.2, 0) is 0 Å². The Balaban J connectivity index is 1.57. The molecule has 3 heteroatoms. The molecule has 0 aliphatic heterocycles. The van der Waals surface area contributed by atoms with Gasteiger partial charge in [0.1, 0.15) is 15.7 Å². The molecule has 0 unspecified atom stereocenters. The van der Waals surface area contributed by atoms with Crippen LogP contribution in [0.3, 0.4) is 0 Å². The van der Waals surface area contributed by atoms with E-state index in [1.165, 1.54) is 97.2 Å². The lowest BCUT2D eigenvalue weighted by molar-refractivity contribution is 1.34. The average molecular weight is 620 g/mol. The minimum atomic E-state index is 1.25. The molecule has 0 bridgehead atoms. The highest BCUT2D eigenvalue weighted by Gasteiger charge is 2.22. The maximum absolute atomic E-state index is 2.35. The van der Waals surface area contributed by atoms with Gasteiger partial charge in [0.2, 0.25) is 0 Å². The number of hydrogen-bond acceptors (Lipinski definition) is 1. The normalized spacial score (nSPS) is 13.1. The van der Waals surface area contributed by atoms with Crippen LogP contribution in [0.4, 0.5) is 0 Å². The fourth-order valence-electron chi connectivity index (χ4n) is 7.15. The fourth-order valence-corrected chi connectivity index (χ4v) is 8.41. The molecule has 0 spiro atoms. The molecule has 47 heavy (non-hydrogen) atoms. The van der Waals surface area contributed by atoms with Gasteiger partial charge in [0.25, 0.3) is 0 Å². The van der Waals surface area contributed by atoms with Gasteiger partial charge in [-0.05, 0) is 99.8 Å². The van der Waals surface area contributed by atoms with Gasteiger partial charge in [-0.2, -0.15) is 0 Å². The number of rotatable bonds is 6. The zero-order valence-corrected chi connectivity index (χ0v) is 28.9. The first kappa shape index (κ1) is 30.8. The van der Waals surface area contributed by atoms with Crippen LogP contribution in [0.15, 0.2) is 145 Å². The summed E-state index contributed by atoms with van der Waals surface area (Å²) in [5.41, 5.74) is 12.9. The van der Waals surface area contributed by atoms with Crippen LogP contribution in [0.5, 0.6) is 0 Å². The highest BCUT2D eigenvalue weighted by molar-refractivity contribution is 7.26. The Hall–Kier alpha value is -4.85. The first-order chi connectivity index (χ1) is 22.9. The standard InChI is InChI=1S/C44H38B2S/c1-5-7-15-27(3)28(4)26-29(6-2)31-20-13-22-35-40-34(21-14-23-38(40)47-44(31)35)41-33-19-12-11-18-32(33)39(30-16-9-8-10-17-30)42-36(45)24-25-37(46)43(41)42/h5-26H,45-46H2,1-4H3/b7-5-,27-15+,28-26+,29-6+. The zero-order chi connectivity index (χ0) is 32.7. The van der Waals surface area contributed by atoms with Crippen LogP contribution in [0.25, 0.3) is 69.5 Å². The molecule has 0 saturated carbocycles. The monoisotopic (exact) mass is 620 g/mol. The highest BCUT2D eigenvalue weighted by Crippen LogP contribution is 2.48. The lowest BCUT2D eigenvalue weighted by atomic mass is 9.75. The van der Waals surface area contributed by atoms with Gasteiger partial charge in [0.15, 0.2) is 0 Å². The minimum Gasteiger partial charge on any atom is -0.135 e. The maximum Gasteiger partial charge on any atom is 0.140 e. The Labute approximate surface area is 284 Å². The molecule has 0 nitrogen and oxygen atoms in total. The van der Waals surface area contributed by atoms with Crippen molar-refractivity contribution in [3.8, 4) is 22.3 Å². The lowest BCUT2D eigenvalue weighted by Gasteiger charge is -2.21. The molecular weight excluding hydrogens is 582 g/mol. The Bertz CT molecular complexity index is 2450. The summed E-state index contributed by atoms with van der Waals surface area (Å²) in [5.74, 6) is 0. The van der Waals surface area contributed by atoms with Gasteiger partial charge < -0.3 is 0 Å². The third kappa shape index (κ3) is 5.29. The largest absolute Gasteiger partial charge is 0.140 e. The van der Waals surface area contributed by atoms with Crippen LogP contribution in [0, 0.1) is 0 Å². The second-order valence-corrected chi connectivity index (χ2v) is 13.6. The molecule has 6 aromatic carbocycles. The summed E-state index contributed by atoms with van der Waals surface area (Å²) in [4.78, 5) is 0. The fraction of sp³-hybridized carbons (Fsp3) is 0.0909. The van der Waals surface area contributed by atoms with Gasteiger partial charge in [-0.1, -0.05) is 138 Å². The van der Waals surface area contributed by atoms with E-state index in [9.17, 15) is 0 Å². The van der Waals surface area contributed by atoms with E-state index in [-0.39, 0.29) is 0 Å². The third-order valence-corrected chi connectivity index (χ3v) is 10.8. The van der Waals surface area contributed by atoms with Gasteiger partial charge in [0.05, 0.1) is 0 Å². The lowest BCUT2D eigenvalue weighted by Crippen LogP contribution is -2.15. The smallest absolute Gasteiger partial charge is 0.135 e. The van der Waals surface area contributed by atoms with Crippen molar-refractivity contribution in [2.45, 2.75) is 27.7 Å².